The van der Waals surface area contributed by atoms with Gasteiger partial charge in [-0.3, -0.25) is 10.1 Å². The lowest BCUT2D eigenvalue weighted by atomic mass is 9.83. The Hall–Kier alpha value is -1.05. The first-order valence-electron chi connectivity index (χ1n) is 5.94. The van der Waals surface area contributed by atoms with E-state index in [1.165, 1.54) is 7.11 Å². The summed E-state index contributed by atoms with van der Waals surface area (Å²) >= 11 is 0. The summed E-state index contributed by atoms with van der Waals surface area (Å²) < 4.78 is 10.6. The number of hydrogen-bond donors (Lipinski definition) is 1. The van der Waals surface area contributed by atoms with Gasteiger partial charge in [-0.05, 0) is 12.3 Å². The van der Waals surface area contributed by atoms with E-state index in [4.69, 9.17) is 15.9 Å². The fraction of sp³-hybridized carbons (Fsp3) is 0.769. The fourth-order valence-electron chi connectivity index (χ4n) is 2.15. The average molecular weight is 239 g/mol. The number of carbonyl (C=O) groups excluding carboxylic acids is 1. The predicted molar refractivity (Wildman–Crippen MR) is 65.4 cm³/mol. The van der Waals surface area contributed by atoms with Crippen LogP contribution in [0.2, 0.25) is 0 Å². The second-order valence-electron chi connectivity index (χ2n) is 4.74. The van der Waals surface area contributed by atoms with Crippen molar-refractivity contribution in [1.29, 1.82) is 0 Å². The molecule has 17 heavy (non-hydrogen) atoms. The SMILES string of the molecule is C#CCNC1(C(=O)OC)CCOC(C(C)C)C1. The highest BCUT2D eigenvalue weighted by atomic mass is 16.5. The molecule has 0 bridgehead atoms. The zero-order chi connectivity index (χ0) is 12.9. The molecule has 0 aromatic heterocycles. The molecular weight excluding hydrogens is 218 g/mol. The van der Waals surface area contributed by atoms with Crippen molar-refractivity contribution in [2.24, 2.45) is 5.92 Å². The highest BCUT2D eigenvalue weighted by Crippen LogP contribution is 2.29. The summed E-state index contributed by atoms with van der Waals surface area (Å²) in [6.45, 7) is 5.08. The topological polar surface area (TPSA) is 47.6 Å². The standard InChI is InChI=1S/C13H21NO3/c1-5-7-14-13(12(15)16-4)6-8-17-11(9-13)10(2)3/h1,10-11,14H,6-9H2,2-4H3. The Kier molecular flexibility index (Phi) is 4.98. The van der Waals surface area contributed by atoms with Gasteiger partial charge in [0.15, 0.2) is 0 Å². The maximum atomic E-state index is 12.0. The molecule has 1 aliphatic heterocycles. The molecule has 0 amide bonds. The molecule has 0 aliphatic carbocycles. The molecule has 4 nitrogen and oxygen atoms in total. The van der Waals surface area contributed by atoms with E-state index in [0.717, 1.165) is 0 Å². The third-order valence-corrected chi connectivity index (χ3v) is 3.26. The van der Waals surface area contributed by atoms with Gasteiger partial charge in [-0.25, -0.2) is 0 Å². The molecule has 0 spiro atoms. The Bertz CT molecular complexity index is 308. The van der Waals surface area contributed by atoms with Crippen LogP contribution in [-0.2, 0) is 14.3 Å². The Morgan fingerprint density at radius 1 is 1.71 bits per heavy atom. The molecule has 1 fully saturated rings. The van der Waals surface area contributed by atoms with Crippen LogP contribution in [0.4, 0.5) is 0 Å². The lowest BCUT2D eigenvalue weighted by Crippen LogP contribution is -2.58. The van der Waals surface area contributed by atoms with Gasteiger partial charge in [0, 0.05) is 13.0 Å². The van der Waals surface area contributed by atoms with Crippen LogP contribution >= 0.6 is 0 Å². The summed E-state index contributed by atoms with van der Waals surface area (Å²) in [6.07, 6.45) is 6.52. The van der Waals surface area contributed by atoms with Gasteiger partial charge in [0.2, 0.25) is 0 Å². The minimum absolute atomic E-state index is 0.0631. The molecule has 1 aliphatic rings. The molecule has 0 aromatic rings. The Morgan fingerprint density at radius 2 is 2.41 bits per heavy atom. The molecular formula is C13H21NO3. The van der Waals surface area contributed by atoms with Crippen molar-refractivity contribution >= 4 is 5.97 Å². The zero-order valence-corrected chi connectivity index (χ0v) is 10.8. The summed E-state index contributed by atoms with van der Waals surface area (Å²) in [6, 6.07) is 0. The maximum Gasteiger partial charge on any atom is 0.326 e. The van der Waals surface area contributed by atoms with Crippen LogP contribution in [0.5, 0.6) is 0 Å². The molecule has 1 heterocycles. The van der Waals surface area contributed by atoms with Crippen LogP contribution in [0.25, 0.3) is 0 Å². The number of carbonyl (C=O) groups is 1. The van der Waals surface area contributed by atoms with Crippen LogP contribution in [0.1, 0.15) is 26.7 Å². The van der Waals surface area contributed by atoms with Crippen molar-refractivity contribution < 1.29 is 14.3 Å². The third kappa shape index (κ3) is 3.21. The summed E-state index contributed by atoms with van der Waals surface area (Å²) in [5, 5.41) is 3.13. The second kappa shape index (κ2) is 6.04. The molecule has 4 heteroatoms. The van der Waals surface area contributed by atoms with Gasteiger partial charge in [-0.15, -0.1) is 6.42 Å². The lowest BCUT2D eigenvalue weighted by Gasteiger charge is -2.40. The minimum Gasteiger partial charge on any atom is -0.468 e. The number of rotatable bonds is 4. The third-order valence-electron chi connectivity index (χ3n) is 3.26. The van der Waals surface area contributed by atoms with Crippen LogP contribution in [-0.4, -0.2) is 37.9 Å². The van der Waals surface area contributed by atoms with Gasteiger partial charge in [-0.2, -0.15) is 0 Å². The van der Waals surface area contributed by atoms with Crippen molar-refractivity contribution in [3.8, 4) is 12.3 Å². The van der Waals surface area contributed by atoms with E-state index in [2.05, 4.69) is 25.1 Å². The molecule has 0 saturated carbocycles. The van der Waals surface area contributed by atoms with E-state index < -0.39 is 5.54 Å². The number of methoxy groups -OCH3 is 1. The van der Waals surface area contributed by atoms with E-state index in [1.807, 2.05) is 0 Å². The molecule has 1 rings (SSSR count). The Morgan fingerprint density at radius 3 is 2.94 bits per heavy atom. The first-order valence-corrected chi connectivity index (χ1v) is 5.94. The van der Waals surface area contributed by atoms with Gasteiger partial charge < -0.3 is 9.47 Å². The van der Waals surface area contributed by atoms with Crippen molar-refractivity contribution in [3.05, 3.63) is 0 Å². The molecule has 1 N–H and O–H groups in total. The van der Waals surface area contributed by atoms with Crippen molar-refractivity contribution in [2.45, 2.75) is 38.3 Å². The number of ether oxygens (including phenoxy) is 2. The predicted octanol–water partition coefficient (Wildman–Crippen LogP) is 0.956. The monoisotopic (exact) mass is 239 g/mol. The molecule has 0 radical (unpaired) electrons. The number of nitrogens with one attached hydrogen (secondary N) is 1. The van der Waals surface area contributed by atoms with E-state index in [-0.39, 0.29) is 12.1 Å². The largest absolute Gasteiger partial charge is 0.468 e. The van der Waals surface area contributed by atoms with Crippen LogP contribution in [0, 0.1) is 18.3 Å². The Labute approximate surface area is 103 Å². The Balaban J connectivity index is 2.82. The van der Waals surface area contributed by atoms with E-state index >= 15 is 0 Å². The van der Waals surface area contributed by atoms with E-state index in [0.29, 0.717) is 31.9 Å². The van der Waals surface area contributed by atoms with Crippen molar-refractivity contribution in [3.63, 3.8) is 0 Å². The van der Waals surface area contributed by atoms with Gasteiger partial charge >= 0.3 is 5.97 Å². The second-order valence-corrected chi connectivity index (χ2v) is 4.74. The van der Waals surface area contributed by atoms with Gasteiger partial charge in [0.1, 0.15) is 5.54 Å². The average Bonchev–Trinajstić information content (AvgIpc) is 2.35. The minimum atomic E-state index is -0.686. The highest BCUT2D eigenvalue weighted by molar-refractivity contribution is 5.81. The highest BCUT2D eigenvalue weighted by Gasteiger charge is 2.44. The normalized spacial score (nSPS) is 28.8. The summed E-state index contributed by atoms with van der Waals surface area (Å²) in [5.41, 5.74) is -0.686. The van der Waals surface area contributed by atoms with Crippen LogP contribution < -0.4 is 5.32 Å². The van der Waals surface area contributed by atoms with Gasteiger partial charge in [0.25, 0.3) is 0 Å². The maximum absolute atomic E-state index is 12.0. The van der Waals surface area contributed by atoms with Crippen LogP contribution in [0.15, 0.2) is 0 Å². The lowest BCUT2D eigenvalue weighted by molar-refractivity contribution is -0.157. The van der Waals surface area contributed by atoms with Crippen molar-refractivity contribution in [1.82, 2.24) is 5.32 Å². The molecule has 2 atom stereocenters. The van der Waals surface area contributed by atoms with Crippen LogP contribution in [0.3, 0.4) is 0 Å². The summed E-state index contributed by atoms with van der Waals surface area (Å²) in [5.74, 6) is 2.62. The fourth-order valence-corrected chi connectivity index (χ4v) is 2.15. The smallest absolute Gasteiger partial charge is 0.326 e. The summed E-state index contributed by atoms with van der Waals surface area (Å²) in [4.78, 5) is 12.0. The molecule has 1 saturated heterocycles. The van der Waals surface area contributed by atoms with Gasteiger partial charge in [0.05, 0.1) is 19.8 Å². The van der Waals surface area contributed by atoms with Crippen molar-refractivity contribution in [2.75, 3.05) is 20.3 Å². The molecule has 96 valence electrons. The zero-order valence-electron chi connectivity index (χ0n) is 10.8. The summed E-state index contributed by atoms with van der Waals surface area (Å²) in [7, 11) is 1.40. The number of esters is 1. The number of terminal acetylenes is 1. The first-order chi connectivity index (χ1) is 8.05. The molecule has 2 unspecified atom stereocenters. The van der Waals surface area contributed by atoms with E-state index in [1.54, 1.807) is 0 Å². The van der Waals surface area contributed by atoms with Gasteiger partial charge in [-0.1, -0.05) is 19.8 Å². The first kappa shape index (κ1) is 14.0. The van der Waals surface area contributed by atoms with E-state index in [9.17, 15) is 4.79 Å². The number of hydrogen-bond acceptors (Lipinski definition) is 4. The quantitative estimate of drug-likeness (QED) is 0.586. The molecule has 0 aromatic carbocycles.